The molecule has 316 valence electrons. The fraction of sp³-hybridized carbons (Fsp3) is 0.731. The van der Waals surface area contributed by atoms with Gasteiger partial charge in [-0.3, -0.25) is 0 Å². The van der Waals surface area contributed by atoms with Crippen LogP contribution in [-0.2, 0) is 31.7 Å². The Bertz CT molecular complexity index is 1400. The molecule has 2 aromatic carbocycles. The van der Waals surface area contributed by atoms with Crippen molar-refractivity contribution in [2.45, 2.75) is 182 Å². The van der Waals surface area contributed by atoms with Crippen molar-refractivity contribution in [2.24, 2.45) is 58.2 Å². The van der Waals surface area contributed by atoms with Gasteiger partial charge in [-0.05, 0) is 153 Å². The first-order chi connectivity index (χ1) is 24.8. The summed E-state index contributed by atoms with van der Waals surface area (Å²) in [5.41, 5.74) is 9.27. The van der Waals surface area contributed by atoms with Crippen molar-refractivity contribution < 1.29 is 20.8 Å². The predicted octanol–water partition coefficient (Wildman–Crippen LogP) is 17.3. The standard InChI is InChI=1S/C50H80Si.2CH3.2ClH.Zr/c1-31-25-41-39(33-17-21-35(22-18-33)47(3,4)5)27-37(49(9,10)11)29-43(41)45(31)51(15,16)46-32(2)26-42-40(28-38(30-44(42)46)50(12,13)14)34-19-23-36(24-20-34)48(6,7)8;;;;;/h17-24,31-32,37-46H,25-30H2,1-16H3;2*1H3;2*1H;/q;2*-1;;;+4/p-2. The van der Waals surface area contributed by atoms with E-state index in [0.717, 1.165) is 58.4 Å². The Morgan fingerprint density at radius 2 is 0.768 bits per heavy atom. The molecule has 4 saturated carbocycles. The summed E-state index contributed by atoms with van der Waals surface area (Å²) >= 11 is -0.826. The van der Waals surface area contributed by atoms with Crippen molar-refractivity contribution in [1.29, 1.82) is 0 Å². The van der Waals surface area contributed by atoms with E-state index in [1.165, 1.54) is 49.7 Å². The van der Waals surface area contributed by atoms with Crippen LogP contribution in [0, 0.1) is 73.0 Å². The number of halogens is 2. The molecule has 56 heavy (non-hydrogen) atoms. The molecule has 12 atom stereocenters. The first kappa shape index (κ1) is 50.5. The topological polar surface area (TPSA) is 0 Å². The molecule has 0 N–H and O–H groups in total. The van der Waals surface area contributed by atoms with Gasteiger partial charge in [0.2, 0.25) is 0 Å². The molecule has 0 radical (unpaired) electrons. The molecule has 0 heterocycles. The molecule has 0 amide bonds. The second-order valence-electron chi connectivity index (χ2n) is 24.1. The predicted molar refractivity (Wildman–Crippen MR) is 251 cm³/mol. The average molecular weight is 901 g/mol. The Hall–Kier alpha value is 0.120. The second kappa shape index (κ2) is 18.6. The van der Waals surface area contributed by atoms with Gasteiger partial charge in [0, 0.05) is 0 Å². The zero-order valence-electron chi connectivity index (χ0n) is 39.5. The van der Waals surface area contributed by atoms with Crippen LogP contribution in [0.5, 0.6) is 0 Å². The first-order valence-corrected chi connectivity index (χ1v) is 31.5. The van der Waals surface area contributed by atoms with E-state index in [2.05, 4.69) is 159 Å². The van der Waals surface area contributed by atoms with Crippen molar-refractivity contribution in [2.75, 3.05) is 0 Å². The van der Waals surface area contributed by atoms with E-state index in [-0.39, 0.29) is 25.7 Å². The van der Waals surface area contributed by atoms with Gasteiger partial charge < -0.3 is 14.9 Å². The minimum atomic E-state index is -1.69. The van der Waals surface area contributed by atoms with Crippen LogP contribution in [0.25, 0.3) is 0 Å². The quantitative estimate of drug-likeness (QED) is 0.212. The van der Waals surface area contributed by atoms with Crippen LogP contribution in [0.15, 0.2) is 48.5 Å². The van der Waals surface area contributed by atoms with E-state index < -0.39 is 28.9 Å². The molecule has 4 aliphatic carbocycles. The Kier molecular flexibility index (Phi) is 16.8. The van der Waals surface area contributed by atoms with Gasteiger partial charge >= 0.3 is 37.9 Å². The van der Waals surface area contributed by atoms with Crippen molar-refractivity contribution in [3.8, 4) is 0 Å². The van der Waals surface area contributed by atoms with Crippen LogP contribution in [0.4, 0.5) is 0 Å². The maximum atomic E-state index is 4.93. The average Bonchev–Trinajstić information content (AvgIpc) is 3.58. The van der Waals surface area contributed by atoms with E-state index in [1.807, 2.05) is 0 Å². The fourth-order valence-electron chi connectivity index (χ4n) is 13.7. The summed E-state index contributed by atoms with van der Waals surface area (Å²) in [5, 5.41) is 0. The van der Waals surface area contributed by atoms with Gasteiger partial charge in [0.05, 0.1) is 8.07 Å². The third-order valence-electron chi connectivity index (χ3n) is 16.3. The summed E-state index contributed by atoms with van der Waals surface area (Å²) in [7, 11) is 8.18. The molecule has 12 unspecified atom stereocenters. The molecule has 4 heteroatoms. The van der Waals surface area contributed by atoms with E-state index in [4.69, 9.17) is 17.0 Å². The van der Waals surface area contributed by atoms with E-state index >= 15 is 0 Å². The zero-order chi connectivity index (χ0) is 40.3. The molecule has 0 saturated heterocycles. The second-order valence-corrected chi connectivity index (χ2v) is 32.8. The van der Waals surface area contributed by atoms with Gasteiger partial charge in [0.15, 0.2) is 0 Å². The van der Waals surface area contributed by atoms with Crippen molar-refractivity contribution in [3.63, 3.8) is 0 Å². The summed E-state index contributed by atoms with van der Waals surface area (Å²) in [6, 6.07) is 20.1. The molecule has 4 aliphatic rings. The summed E-state index contributed by atoms with van der Waals surface area (Å²) in [6.07, 6.45) is 8.62. The Balaban J connectivity index is 0.00000163. The van der Waals surface area contributed by atoms with Gasteiger partial charge in [-0.15, -0.1) is 0 Å². The van der Waals surface area contributed by atoms with Crippen molar-refractivity contribution >= 4 is 25.1 Å². The van der Waals surface area contributed by atoms with E-state index in [0.29, 0.717) is 22.7 Å². The molecule has 0 aromatic heterocycles. The van der Waals surface area contributed by atoms with Gasteiger partial charge in [-0.1, -0.05) is 159 Å². The summed E-state index contributed by atoms with van der Waals surface area (Å²) in [4.78, 5) is 0. The molecular weight excluding hydrogens is 815 g/mol. The number of rotatable bonds is 4. The minimum absolute atomic E-state index is 0. The zero-order valence-corrected chi connectivity index (χ0v) is 44.5. The summed E-state index contributed by atoms with van der Waals surface area (Å²) < 4.78 is 0. The Labute approximate surface area is 369 Å². The number of benzene rings is 2. The van der Waals surface area contributed by atoms with Gasteiger partial charge in [0.1, 0.15) is 0 Å². The van der Waals surface area contributed by atoms with Crippen molar-refractivity contribution in [1.82, 2.24) is 0 Å². The molecule has 0 bridgehead atoms. The Morgan fingerprint density at radius 1 is 0.482 bits per heavy atom. The maximum absolute atomic E-state index is 4.93. The summed E-state index contributed by atoms with van der Waals surface area (Å²) in [6.45, 7) is 40.8. The molecule has 2 aromatic rings. The van der Waals surface area contributed by atoms with Gasteiger partial charge in [0.25, 0.3) is 0 Å². The van der Waals surface area contributed by atoms with E-state index in [1.54, 1.807) is 11.1 Å². The van der Waals surface area contributed by atoms with Crippen LogP contribution in [-0.4, -0.2) is 8.07 Å². The third-order valence-corrected chi connectivity index (χ3v) is 21.8. The molecule has 6 rings (SSSR count). The van der Waals surface area contributed by atoms with Crippen LogP contribution in [0.2, 0.25) is 24.2 Å². The third kappa shape index (κ3) is 10.6. The van der Waals surface area contributed by atoms with E-state index in [9.17, 15) is 0 Å². The van der Waals surface area contributed by atoms with Crippen LogP contribution >= 0.6 is 17.0 Å². The number of fused-ring (bicyclic) bond motifs is 2. The van der Waals surface area contributed by atoms with Crippen LogP contribution < -0.4 is 0 Å². The SMILES string of the molecule is CC1CC2C(c3ccc(C(C)(C)C)cc3)CC(C(C)(C)C)CC2C1[Si](C)(C)C1C(C)CC2C(c3ccc(C(C)(C)C)cc3)CC(C(C)(C)C)CC21.[CH3-].[CH3-].[Cl][Zr+2][Cl]. The number of hydrogen-bond donors (Lipinski definition) is 0. The normalized spacial score (nSPS) is 33.5. The van der Waals surface area contributed by atoms with Crippen LogP contribution in [0.1, 0.15) is 170 Å². The summed E-state index contributed by atoms with van der Waals surface area (Å²) in [5.74, 6) is 8.23. The first-order valence-electron chi connectivity index (χ1n) is 22.0. The molecule has 0 nitrogen and oxygen atoms in total. The van der Waals surface area contributed by atoms with Crippen LogP contribution in [0.3, 0.4) is 0 Å². The fourth-order valence-corrected chi connectivity index (χ4v) is 20.3. The monoisotopic (exact) mass is 898 g/mol. The molecular formula is C52H86Cl2SiZr. The molecule has 0 aliphatic heterocycles. The van der Waals surface area contributed by atoms with Gasteiger partial charge in [-0.2, -0.15) is 0 Å². The number of hydrogen-bond acceptors (Lipinski definition) is 0. The molecule has 0 spiro atoms. The Morgan fingerprint density at radius 3 is 1.02 bits per heavy atom. The molecule has 4 fully saturated rings. The van der Waals surface area contributed by atoms with Gasteiger partial charge in [-0.25, -0.2) is 0 Å². The van der Waals surface area contributed by atoms with Crippen molar-refractivity contribution in [3.05, 3.63) is 85.6 Å².